The van der Waals surface area contributed by atoms with E-state index in [9.17, 15) is 8.42 Å². The number of aryl methyl sites for hydroxylation is 1. The first-order valence-corrected chi connectivity index (χ1v) is 7.24. The minimum absolute atomic E-state index is 0.202. The molecule has 6 heteroatoms. The third-order valence-corrected chi connectivity index (χ3v) is 3.51. The molecule has 1 atom stereocenters. The summed E-state index contributed by atoms with van der Waals surface area (Å²) in [5, 5.41) is 3.26. The highest BCUT2D eigenvalue weighted by Gasteiger charge is 2.27. The maximum absolute atomic E-state index is 11.2. The summed E-state index contributed by atoms with van der Waals surface area (Å²) < 4.78 is 27.3. The van der Waals surface area contributed by atoms with Crippen molar-refractivity contribution >= 4 is 10.1 Å². The van der Waals surface area contributed by atoms with E-state index in [2.05, 4.69) is 10.3 Å². The molecule has 1 N–H and O–H groups in total. The molecule has 1 aromatic heterocycles. The summed E-state index contributed by atoms with van der Waals surface area (Å²) in [6, 6.07) is 0.202. The van der Waals surface area contributed by atoms with Crippen molar-refractivity contribution in [1.29, 1.82) is 0 Å². The normalized spacial score (nSPS) is 19.2. The lowest BCUT2D eigenvalue weighted by Crippen LogP contribution is -2.10. The van der Waals surface area contributed by atoms with Gasteiger partial charge in [0.25, 0.3) is 0 Å². The average Bonchev–Trinajstić information content (AvgIpc) is 2.55. The molecule has 0 saturated carbocycles. The van der Waals surface area contributed by atoms with Crippen LogP contribution in [0.1, 0.15) is 35.3 Å². The molecule has 0 spiro atoms. The minimum Gasteiger partial charge on any atom is -0.361 e. The Hall–Kier alpha value is -1.14. The quantitative estimate of drug-likeness (QED) is 0.805. The Morgan fingerprint density at radius 1 is 1.41 bits per heavy atom. The van der Waals surface area contributed by atoms with Crippen molar-refractivity contribution in [2.45, 2.75) is 33.4 Å². The van der Waals surface area contributed by atoms with Crippen molar-refractivity contribution in [2.75, 3.05) is 6.26 Å². The summed E-state index contributed by atoms with van der Waals surface area (Å²) in [5.41, 5.74) is 3.86. The number of rotatable bonds is 2. The van der Waals surface area contributed by atoms with Gasteiger partial charge in [0, 0.05) is 23.8 Å². The molecule has 2 heterocycles. The van der Waals surface area contributed by atoms with Crippen LogP contribution in [-0.4, -0.2) is 19.7 Å². The van der Waals surface area contributed by atoms with E-state index in [1.165, 1.54) is 0 Å². The average molecular weight is 256 g/mol. The molecule has 1 aliphatic rings. The van der Waals surface area contributed by atoms with Crippen LogP contribution in [0.4, 0.5) is 0 Å². The van der Waals surface area contributed by atoms with E-state index in [1.54, 1.807) is 0 Å². The number of aromatic nitrogens is 1. The molecule has 5 nitrogen and oxygen atoms in total. The van der Waals surface area contributed by atoms with Crippen molar-refractivity contribution < 1.29 is 12.6 Å². The lowest BCUT2D eigenvalue weighted by atomic mass is 10.0. The molecule has 0 aliphatic carbocycles. The zero-order valence-electron chi connectivity index (χ0n) is 10.4. The van der Waals surface area contributed by atoms with Gasteiger partial charge >= 0.3 is 10.1 Å². The highest BCUT2D eigenvalue weighted by molar-refractivity contribution is 7.86. The Kier molecular flexibility index (Phi) is 2.87. The molecular formula is C11H16N2O3S. The topological polar surface area (TPSA) is 68.3 Å². The fourth-order valence-electron chi connectivity index (χ4n) is 2.17. The van der Waals surface area contributed by atoms with Gasteiger partial charge in [-0.05, 0) is 31.9 Å². The molecule has 94 valence electrons. The molecule has 1 aliphatic heterocycles. The van der Waals surface area contributed by atoms with Crippen LogP contribution in [0.2, 0.25) is 0 Å². The van der Waals surface area contributed by atoms with Crippen LogP contribution in [0.5, 0.6) is 5.88 Å². The van der Waals surface area contributed by atoms with Gasteiger partial charge in [0.05, 0.1) is 6.26 Å². The highest BCUT2D eigenvalue weighted by atomic mass is 32.2. The summed E-state index contributed by atoms with van der Waals surface area (Å²) >= 11 is 0. The van der Waals surface area contributed by atoms with Gasteiger partial charge in [-0.2, -0.15) is 8.42 Å². The first-order valence-electron chi connectivity index (χ1n) is 5.42. The molecule has 2 rings (SSSR count). The Morgan fingerprint density at radius 2 is 2.06 bits per heavy atom. The second kappa shape index (κ2) is 3.96. The van der Waals surface area contributed by atoms with Gasteiger partial charge in [-0.1, -0.05) is 0 Å². The molecule has 17 heavy (non-hydrogen) atoms. The van der Waals surface area contributed by atoms with E-state index in [-0.39, 0.29) is 11.9 Å². The van der Waals surface area contributed by atoms with Crippen molar-refractivity contribution in [2.24, 2.45) is 0 Å². The number of pyridine rings is 1. The fraction of sp³-hybridized carbons (Fsp3) is 0.545. The van der Waals surface area contributed by atoms with E-state index in [0.717, 1.165) is 28.6 Å². The number of nitrogens with one attached hydrogen (secondary N) is 1. The lowest BCUT2D eigenvalue weighted by Gasteiger charge is -2.13. The summed E-state index contributed by atoms with van der Waals surface area (Å²) in [4.78, 5) is 4.22. The maximum atomic E-state index is 11.2. The number of hydrogen-bond donors (Lipinski definition) is 1. The molecular weight excluding hydrogens is 240 g/mol. The standard InChI is InChI=1S/C11H16N2O3S/c1-6-7(2)13-11(16-17(4,14)15)9-5-12-8(3)10(6)9/h8,12H,5H2,1-4H3. The van der Waals surface area contributed by atoms with E-state index in [1.807, 2.05) is 20.8 Å². The van der Waals surface area contributed by atoms with Gasteiger partial charge < -0.3 is 9.50 Å². The molecule has 0 saturated heterocycles. The SMILES string of the molecule is Cc1nc(OS(C)(=O)=O)c2c(c1C)C(C)NC2. The van der Waals surface area contributed by atoms with Gasteiger partial charge in [-0.3, -0.25) is 0 Å². The highest BCUT2D eigenvalue weighted by Crippen LogP contribution is 2.35. The predicted octanol–water partition coefficient (Wildman–Crippen LogP) is 1.20. The molecule has 0 fully saturated rings. The van der Waals surface area contributed by atoms with Crippen molar-refractivity contribution in [1.82, 2.24) is 10.3 Å². The summed E-state index contributed by atoms with van der Waals surface area (Å²) in [5.74, 6) is 0.211. The summed E-state index contributed by atoms with van der Waals surface area (Å²) in [7, 11) is -3.54. The minimum atomic E-state index is -3.54. The fourth-order valence-corrected chi connectivity index (χ4v) is 2.59. The molecule has 0 bridgehead atoms. The van der Waals surface area contributed by atoms with Crippen molar-refractivity contribution in [3.05, 3.63) is 22.4 Å². The van der Waals surface area contributed by atoms with Crippen LogP contribution in [0.25, 0.3) is 0 Å². The molecule has 0 radical (unpaired) electrons. The largest absolute Gasteiger partial charge is 0.361 e. The van der Waals surface area contributed by atoms with Crippen LogP contribution < -0.4 is 9.50 Å². The number of hydrogen-bond acceptors (Lipinski definition) is 5. The van der Waals surface area contributed by atoms with Crippen molar-refractivity contribution in [3.63, 3.8) is 0 Å². The van der Waals surface area contributed by atoms with Crippen molar-refractivity contribution in [3.8, 4) is 5.88 Å². The Morgan fingerprint density at radius 3 is 2.65 bits per heavy atom. The van der Waals surface area contributed by atoms with Gasteiger partial charge in [0.1, 0.15) is 0 Å². The summed E-state index contributed by atoms with van der Waals surface area (Å²) in [6.07, 6.45) is 1.03. The zero-order chi connectivity index (χ0) is 12.8. The third-order valence-electron chi connectivity index (χ3n) is 3.05. The van der Waals surface area contributed by atoms with Gasteiger partial charge in [0.2, 0.25) is 5.88 Å². The first kappa shape index (κ1) is 12.3. The molecule has 0 aromatic carbocycles. The number of fused-ring (bicyclic) bond motifs is 1. The van der Waals surface area contributed by atoms with E-state index >= 15 is 0 Å². The van der Waals surface area contributed by atoms with E-state index in [0.29, 0.717) is 6.54 Å². The maximum Gasteiger partial charge on any atom is 0.307 e. The zero-order valence-corrected chi connectivity index (χ0v) is 11.2. The van der Waals surface area contributed by atoms with Crippen LogP contribution in [0.15, 0.2) is 0 Å². The Bertz CT molecular complexity index is 567. The molecule has 1 unspecified atom stereocenters. The second-order valence-electron chi connectivity index (χ2n) is 4.41. The predicted molar refractivity (Wildman–Crippen MR) is 64.4 cm³/mol. The van der Waals surface area contributed by atoms with E-state index in [4.69, 9.17) is 4.18 Å². The first-order chi connectivity index (χ1) is 7.79. The monoisotopic (exact) mass is 256 g/mol. The molecule has 0 amide bonds. The van der Waals surface area contributed by atoms with Crippen LogP contribution in [-0.2, 0) is 16.7 Å². The Labute approximate surface area is 101 Å². The van der Waals surface area contributed by atoms with E-state index < -0.39 is 10.1 Å². The van der Waals surface area contributed by atoms with Crippen LogP contribution >= 0.6 is 0 Å². The summed E-state index contributed by atoms with van der Waals surface area (Å²) in [6.45, 7) is 6.49. The van der Waals surface area contributed by atoms with Gasteiger partial charge in [0.15, 0.2) is 0 Å². The lowest BCUT2D eigenvalue weighted by molar-refractivity contribution is 0.477. The second-order valence-corrected chi connectivity index (χ2v) is 5.98. The van der Waals surface area contributed by atoms with Crippen LogP contribution in [0.3, 0.4) is 0 Å². The van der Waals surface area contributed by atoms with Crippen LogP contribution in [0, 0.1) is 13.8 Å². The smallest absolute Gasteiger partial charge is 0.307 e. The van der Waals surface area contributed by atoms with Gasteiger partial charge in [-0.25, -0.2) is 4.98 Å². The Balaban J connectivity index is 2.60. The molecule has 1 aromatic rings. The third kappa shape index (κ3) is 2.28. The number of nitrogens with zero attached hydrogens (tertiary/aromatic N) is 1. The van der Waals surface area contributed by atoms with Gasteiger partial charge in [-0.15, -0.1) is 0 Å².